The Morgan fingerprint density at radius 2 is 2.20 bits per heavy atom. The number of rotatable bonds is 2. The van der Waals surface area contributed by atoms with Crippen LogP contribution in [0.1, 0.15) is 34.2 Å². The molecule has 20 heavy (non-hydrogen) atoms. The van der Waals surface area contributed by atoms with Crippen LogP contribution < -0.4 is 0 Å². The van der Waals surface area contributed by atoms with Gasteiger partial charge in [0, 0.05) is 19.5 Å². The lowest BCUT2D eigenvalue weighted by Crippen LogP contribution is -2.36. The number of phenolic OH excluding ortho intramolecular Hbond substituents is 1. The number of aryl methyl sites for hydroxylation is 1. The quantitative estimate of drug-likeness (QED) is 0.913. The number of furan rings is 1. The molecule has 2 aromatic rings. The molecule has 0 saturated carbocycles. The van der Waals surface area contributed by atoms with Crippen molar-refractivity contribution in [1.29, 1.82) is 0 Å². The second-order valence-corrected chi connectivity index (χ2v) is 5.04. The van der Waals surface area contributed by atoms with Gasteiger partial charge in [-0.3, -0.25) is 4.79 Å². The first-order chi connectivity index (χ1) is 9.69. The van der Waals surface area contributed by atoms with Gasteiger partial charge >= 0.3 is 0 Å². The van der Waals surface area contributed by atoms with E-state index in [1.54, 1.807) is 24.5 Å². The molecule has 0 aliphatic carbocycles. The Labute approximate surface area is 117 Å². The molecule has 1 amide bonds. The van der Waals surface area contributed by atoms with Crippen molar-refractivity contribution in [2.45, 2.75) is 26.3 Å². The third kappa shape index (κ3) is 2.18. The number of carbonyl (C=O) groups excluding carboxylic acids is 1. The first-order valence-electron chi connectivity index (χ1n) is 6.85. The van der Waals surface area contributed by atoms with Gasteiger partial charge in [0.25, 0.3) is 5.91 Å². The van der Waals surface area contributed by atoms with Crippen molar-refractivity contribution in [3.05, 3.63) is 53.0 Å². The molecule has 1 aromatic carbocycles. The van der Waals surface area contributed by atoms with Crippen LogP contribution >= 0.6 is 0 Å². The van der Waals surface area contributed by atoms with Gasteiger partial charge in [-0.1, -0.05) is 13.0 Å². The van der Waals surface area contributed by atoms with Crippen LogP contribution in [0.15, 0.2) is 34.9 Å². The molecular formula is C16H17NO3. The molecule has 0 spiro atoms. The summed E-state index contributed by atoms with van der Waals surface area (Å²) in [5, 5.41) is 9.56. The number of carbonyl (C=O) groups is 1. The molecule has 0 unspecified atom stereocenters. The largest absolute Gasteiger partial charge is 0.508 e. The molecule has 4 nitrogen and oxygen atoms in total. The van der Waals surface area contributed by atoms with Gasteiger partial charge in [-0.05, 0) is 35.7 Å². The van der Waals surface area contributed by atoms with Gasteiger partial charge < -0.3 is 14.4 Å². The summed E-state index contributed by atoms with van der Waals surface area (Å²) in [6, 6.07) is 7.10. The third-order valence-electron chi connectivity index (χ3n) is 3.79. The van der Waals surface area contributed by atoms with Gasteiger partial charge in [0.15, 0.2) is 0 Å². The first-order valence-corrected chi connectivity index (χ1v) is 6.85. The lowest BCUT2D eigenvalue weighted by atomic mass is 9.99. The number of aromatic hydroxyl groups is 1. The summed E-state index contributed by atoms with van der Waals surface area (Å²) in [7, 11) is 0. The molecule has 3 rings (SSSR count). The molecule has 0 radical (unpaired) electrons. The fourth-order valence-corrected chi connectivity index (χ4v) is 2.69. The average Bonchev–Trinajstić information content (AvgIpc) is 2.94. The highest BCUT2D eigenvalue weighted by Crippen LogP contribution is 2.25. The molecule has 1 aliphatic heterocycles. The van der Waals surface area contributed by atoms with Crippen molar-refractivity contribution in [1.82, 2.24) is 4.90 Å². The topological polar surface area (TPSA) is 53.7 Å². The van der Waals surface area contributed by atoms with Crippen molar-refractivity contribution in [2.75, 3.05) is 6.54 Å². The number of hydrogen-bond acceptors (Lipinski definition) is 3. The van der Waals surface area contributed by atoms with Gasteiger partial charge in [-0.2, -0.15) is 0 Å². The highest BCUT2D eigenvalue weighted by atomic mass is 16.3. The zero-order valence-corrected chi connectivity index (χ0v) is 11.4. The Morgan fingerprint density at radius 1 is 1.35 bits per heavy atom. The van der Waals surface area contributed by atoms with Crippen molar-refractivity contribution >= 4 is 5.91 Å². The average molecular weight is 271 g/mol. The van der Waals surface area contributed by atoms with Crippen LogP contribution in [0.2, 0.25) is 0 Å². The molecule has 0 bridgehead atoms. The summed E-state index contributed by atoms with van der Waals surface area (Å²) in [5.74, 6) is 0.983. The molecule has 0 fully saturated rings. The SMILES string of the molecule is CCc1occc1C(=O)N1CCc2ccc(O)cc2C1. The fraction of sp³-hybridized carbons (Fsp3) is 0.312. The van der Waals surface area contributed by atoms with Crippen LogP contribution in [0, 0.1) is 0 Å². The molecule has 1 aromatic heterocycles. The lowest BCUT2D eigenvalue weighted by molar-refractivity contribution is 0.0732. The minimum absolute atomic E-state index is 0.00425. The number of fused-ring (bicyclic) bond motifs is 1. The maximum Gasteiger partial charge on any atom is 0.257 e. The smallest absolute Gasteiger partial charge is 0.257 e. The summed E-state index contributed by atoms with van der Waals surface area (Å²) in [4.78, 5) is 14.4. The van der Waals surface area contributed by atoms with Crippen molar-refractivity contribution in [3.8, 4) is 5.75 Å². The minimum atomic E-state index is 0.00425. The molecule has 0 saturated heterocycles. The van der Waals surface area contributed by atoms with Gasteiger partial charge in [-0.15, -0.1) is 0 Å². The first kappa shape index (κ1) is 12.8. The van der Waals surface area contributed by atoms with E-state index >= 15 is 0 Å². The zero-order valence-electron chi connectivity index (χ0n) is 11.4. The Morgan fingerprint density at radius 3 is 3.00 bits per heavy atom. The van der Waals surface area contributed by atoms with Crippen molar-refractivity contribution in [3.63, 3.8) is 0 Å². The van der Waals surface area contributed by atoms with Crippen LogP contribution in [0.3, 0.4) is 0 Å². The van der Waals surface area contributed by atoms with Crippen molar-refractivity contribution in [2.24, 2.45) is 0 Å². The minimum Gasteiger partial charge on any atom is -0.508 e. The highest BCUT2D eigenvalue weighted by molar-refractivity contribution is 5.95. The third-order valence-corrected chi connectivity index (χ3v) is 3.79. The maximum atomic E-state index is 12.5. The van der Waals surface area contributed by atoms with E-state index in [1.807, 2.05) is 17.9 Å². The molecule has 0 atom stereocenters. The van der Waals surface area contributed by atoms with E-state index in [4.69, 9.17) is 4.42 Å². The van der Waals surface area contributed by atoms with Crippen molar-refractivity contribution < 1.29 is 14.3 Å². The Kier molecular flexibility index (Phi) is 3.22. The van der Waals surface area contributed by atoms with Crippen LogP contribution in [0.4, 0.5) is 0 Å². The molecule has 1 aliphatic rings. The van der Waals surface area contributed by atoms with Crippen LogP contribution in [0.5, 0.6) is 5.75 Å². The lowest BCUT2D eigenvalue weighted by Gasteiger charge is -2.29. The second-order valence-electron chi connectivity index (χ2n) is 5.04. The number of benzene rings is 1. The summed E-state index contributed by atoms with van der Waals surface area (Å²) in [5.41, 5.74) is 2.87. The molecule has 1 N–H and O–H groups in total. The maximum absolute atomic E-state index is 12.5. The molecular weight excluding hydrogens is 254 g/mol. The van der Waals surface area contributed by atoms with E-state index in [9.17, 15) is 9.90 Å². The predicted octanol–water partition coefficient (Wildman–Crippen LogP) is 2.75. The van der Waals surface area contributed by atoms with E-state index in [-0.39, 0.29) is 11.7 Å². The molecule has 4 heteroatoms. The Hall–Kier alpha value is -2.23. The predicted molar refractivity (Wildman–Crippen MR) is 74.6 cm³/mol. The van der Waals surface area contributed by atoms with Crippen LogP contribution in [0.25, 0.3) is 0 Å². The summed E-state index contributed by atoms with van der Waals surface area (Å²) < 4.78 is 5.33. The van der Waals surface area contributed by atoms with E-state index < -0.39 is 0 Å². The van der Waals surface area contributed by atoms with Gasteiger partial charge in [-0.25, -0.2) is 0 Å². The fourth-order valence-electron chi connectivity index (χ4n) is 2.69. The van der Waals surface area contributed by atoms with Crippen LogP contribution in [-0.4, -0.2) is 22.5 Å². The van der Waals surface area contributed by atoms with E-state index in [2.05, 4.69) is 0 Å². The van der Waals surface area contributed by atoms with E-state index in [1.165, 1.54) is 5.56 Å². The number of amides is 1. The number of phenols is 1. The summed E-state index contributed by atoms with van der Waals surface area (Å²) in [6.45, 7) is 3.21. The summed E-state index contributed by atoms with van der Waals surface area (Å²) >= 11 is 0. The van der Waals surface area contributed by atoms with Gasteiger partial charge in [0.05, 0.1) is 11.8 Å². The van der Waals surface area contributed by atoms with E-state index in [0.29, 0.717) is 25.1 Å². The van der Waals surface area contributed by atoms with Gasteiger partial charge in [0.2, 0.25) is 0 Å². The Bertz CT molecular complexity index is 645. The van der Waals surface area contributed by atoms with E-state index in [0.717, 1.165) is 17.7 Å². The zero-order chi connectivity index (χ0) is 14.1. The summed E-state index contributed by atoms with van der Waals surface area (Å²) in [6.07, 6.45) is 3.09. The molecule has 104 valence electrons. The second kappa shape index (κ2) is 5.04. The standard InChI is InChI=1S/C16H17NO3/c1-2-15-14(6-8-20-15)16(19)17-7-5-11-3-4-13(18)9-12(11)10-17/h3-4,6,8-9,18H,2,5,7,10H2,1H3. The normalized spacial score (nSPS) is 14.2. The van der Waals surface area contributed by atoms with Gasteiger partial charge in [0.1, 0.15) is 11.5 Å². The monoisotopic (exact) mass is 271 g/mol. The number of nitrogens with zero attached hydrogens (tertiary/aromatic N) is 1. The molecule has 2 heterocycles. The van der Waals surface area contributed by atoms with Crippen LogP contribution in [-0.2, 0) is 19.4 Å². The Balaban J connectivity index is 1.85. The number of hydrogen-bond donors (Lipinski definition) is 1. The highest BCUT2D eigenvalue weighted by Gasteiger charge is 2.24.